The van der Waals surface area contributed by atoms with E-state index in [1.165, 1.54) is 12.8 Å². The van der Waals surface area contributed by atoms with E-state index in [1.54, 1.807) is 0 Å². The number of hydrogen-bond acceptors (Lipinski definition) is 2. The maximum absolute atomic E-state index is 11.3. The quantitative estimate of drug-likeness (QED) is 0.571. The van der Waals surface area contributed by atoms with Crippen LogP contribution in [0.25, 0.3) is 0 Å². The fourth-order valence-corrected chi connectivity index (χ4v) is 3.63. The van der Waals surface area contributed by atoms with Crippen molar-refractivity contribution in [3.8, 4) is 0 Å². The Bertz CT molecular complexity index is 287. The molecule has 0 radical (unpaired) electrons. The highest BCUT2D eigenvalue weighted by atomic mass is 79.9. The van der Waals surface area contributed by atoms with E-state index in [0.29, 0.717) is 10.7 Å². The standard InChI is InChI=1S/C12H19BrO2/c1-11(2)8-4-5-12(11,3)9(6-8)15-10(14)7-13/h8-9H,4-7H2,1-3H3/t8-,9+,12-/m1/s1. The number of ether oxygens (including phenoxy) is 1. The molecule has 0 aromatic carbocycles. The van der Waals surface area contributed by atoms with Crippen LogP contribution in [0.1, 0.15) is 40.0 Å². The molecule has 15 heavy (non-hydrogen) atoms. The lowest BCUT2D eigenvalue weighted by Gasteiger charge is -2.38. The van der Waals surface area contributed by atoms with Gasteiger partial charge in [0, 0.05) is 5.41 Å². The Hall–Kier alpha value is -0.0500. The Kier molecular flexibility index (Phi) is 2.65. The molecule has 3 heteroatoms. The van der Waals surface area contributed by atoms with Crippen molar-refractivity contribution in [2.75, 3.05) is 5.33 Å². The SMILES string of the molecule is CC1(C)[C@@H]2CC[C@]1(C)[C@@H](OC(=O)CBr)C2. The van der Waals surface area contributed by atoms with E-state index >= 15 is 0 Å². The summed E-state index contributed by atoms with van der Waals surface area (Å²) in [7, 11) is 0. The van der Waals surface area contributed by atoms with Gasteiger partial charge in [-0.3, -0.25) is 4.79 Å². The number of alkyl halides is 1. The molecule has 0 heterocycles. The molecule has 2 fully saturated rings. The molecular formula is C12H19BrO2. The highest BCUT2D eigenvalue weighted by Crippen LogP contribution is 2.66. The molecule has 0 unspecified atom stereocenters. The summed E-state index contributed by atoms with van der Waals surface area (Å²) < 4.78 is 5.55. The Morgan fingerprint density at radius 3 is 2.53 bits per heavy atom. The summed E-state index contributed by atoms with van der Waals surface area (Å²) in [5, 5.41) is 0.310. The van der Waals surface area contributed by atoms with E-state index < -0.39 is 0 Å². The van der Waals surface area contributed by atoms with Gasteiger partial charge in [-0.15, -0.1) is 0 Å². The summed E-state index contributed by atoms with van der Waals surface area (Å²) in [6.07, 6.45) is 3.69. The van der Waals surface area contributed by atoms with Crippen molar-refractivity contribution in [1.82, 2.24) is 0 Å². The van der Waals surface area contributed by atoms with Crippen LogP contribution in [0.2, 0.25) is 0 Å². The Morgan fingerprint density at radius 1 is 1.47 bits per heavy atom. The first-order chi connectivity index (χ1) is 6.91. The van der Waals surface area contributed by atoms with Crippen LogP contribution in [0.4, 0.5) is 0 Å². The Balaban J connectivity index is 2.15. The zero-order chi connectivity index (χ0) is 11.3. The third-order valence-electron chi connectivity index (χ3n) is 5.10. The predicted molar refractivity (Wildman–Crippen MR) is 62.9 cm³/mol. The summed E-state index contributed by atoms with van der Waals surface area (Å²) in [5.41, 5.74) is 0.514. The summed E-state index contributed by atoms with van der Waals surface area (Å²) in [5.74, 6) is 0.611. The first-order valence-electron chi connectivity index (χ1n) is 5.67. The fourth-order valence-electron chi connectivity index (χ4n) is 3.50. The zero-order valence-electron chi connectivity index (χ0n) is 9.68. The minimum Gasteiger partial charge on any atom is -0.461 e. The average molecular weight is 275 g/mol. The van der Waals surface area contributed by atoms with Crippen LogP contribution in [0.5, 0.6) is 0 Å². The molecule has 0 saturated heterocycles. The molecule has 2 aliphatic rings. The normalized spacial score (nSPS) is 41.9. The molecule has 2 saturated carbocycles. The Labute approximate surface area is 99.9 Å². The number of halogens is 1. The molecule has 0 aromatic heterocycles. The molecule has 2 bridgehead atoms. The van der Waals surface area contributed by atoms with Gasteiger partial charge in [0.2, 0.25) is 0 Å². The average Bonchev–Trinajstić information content (AvgIpc) is 2.50. The minimum absolute atomic E-state index is 0.121. The van der Waals surface area contributed by atoms with Gasteiger partial charge in [0.25, 0.3) is 0 Å². The second-order valence-corrected chi connectivity index (χ2v) is 6.28. The van der Waals surface area contributed by atoms with Gasteiger partial charge in [0.1, 0.15) is 11.4 Å². The highest BCUT2D eigenvalue weighted by molar-refractivity contribution is 9.09. The van der Waals surface area contributed by atoms with Crippen molar-refractivity contribution in [3.63, 3.8) is 0 Å². The van der Waals surface area contributed by atoms with E-state index in [-0.39, 0.29) is 17.5 Å². The third kappa shape index (κ3) is 1.46. The van der Waals surface area contributed by atoms with Crippen molar-refractivity contribution in [2.24, 2.45) is 16.7 Å². The second-order valence-electron chi connectivity index (χ2n) is 5.72. The maximum atomic E-state index is 11.3. The van der Waals surface area contributed by atoms with Gasteiger partial charge in [-0.1, -0.05) is 36.7 Å². The number of esters is 1. The van der Waals surface area contributed by atoms with Crippen LogP contribution in [0.3, 0.4) is 0 Å². The molecular weight excluding hydrogens is 256 g/mol. The van der Waals surface area contributed by atoms with Crippen LogP contribution in [0, 0.1) is 16.7 Å². The molecule has 2 rings (SSSR count). The molecule has 86 valence electrons. The van der Waals surface area contributed by atoms with Crippen molar-refractivity contribution >= 4 is 21.9 Å². The fraction of sp³-hybridized carbons (Fsp3) is 0.917. The Morgan fingerprint density at radius 2 is 2.13 bits per heavy atom. The van der Waals surface area contributed by atoms with Crippen LogP contribution >= 0.6 is 15.9 Å². The summed E-state index contributed by atoms with van der Waals surface area (Å²) in [4.78, 5) is 11.3. The predicted octanol–water partition coefficient (Wildman–Crippen LogP) is 3.14. The van der Waals surface area contributed by atoms with E-state index in [4.69, 9.17) is 4.74 Å². The molecule has 3 atom stereocenters. The molecule has 0 spiro atoms. The molecule has 0 aromatic rings. The first-order valence-corrected chi connectivity index (χ1v) is 6.79. The van der Waals surface area contributed by atoms with Crippen LogP contribution in [-0.2, 0) is 9.53 Å². The molecule has 0 aliphatic heterocycles. The first kappa shape index (κ1) is 11.4. The monoisotopic (exact) mass is 274 g/mol. The smallest absolute Gasteiger partial charge is 0.316 e. The maximum Gasteiger partial charge on any atom is 0.316 e. The number of carbonyl (C=O) groups is 1. The van der Waals surface area contributed by atoms with Crippen LogP contribution in [0.15, 0.2) is 0 Å². The lowest BCUT2D eigenvalue weighted by Crippen LogP contribution is -2.38. The van der Waals surface area contributed by atoms with Gasteiger partial charge in [0.05, 0.1) is 0 Å². The summed E-state index contributed by atoms with van der Waals surface area (Å²) >= 11 is 3.15. The number of rotatable bonds is 2. The molecule has 0 amide bonds. The lowest BCUT2D eigenvalue weighted by atomic mass is 9.70. The van der Waals surface area contributed by atoms with E-state index in [9.17, 15) is 4.79 Å². The number of hydrogen-bond donors (Lipinski definition) is 0. The van der Waals surface area contributed by atoms with Crippen molar-refractivity contribution in [3.05, 3.63) is 0 Å². The second kappa shape index (κ2) is 3.47. The van der Waals surface area contributed by atoms with E-state index in [1.807, 2.05) is 0 Å². The largest absolute Gasteiger partial charge is 0.461 e. The summed E-state index contributed by atoms with van der Waals surface area (Å²) in [6.45, 7) is 6.94. The molecule has 2 aliphatic carbocycles. The highest BCUT2D eigenvalue weighted by Gasteiger charge is 2.62. The van der Waals surface area contributed by atoms with Gasteiger partial charge in [-0.2, -0.15) is 0 Å². The van der Waals surface area contributed by atoms with Gasteiger partial charge in [-0.05, 0) is 30.6 Å². The van der Waals surface area contributed by atoms with Crippen LogP contribution in [-0.4, -0.2) is 17.4 Å². The van der Waals surface area contributed by atoms with Crippen molar-refractivity contribution in [1.29, 1.82) is 0 Å². The minimum atomic E-state index is -0.121. The number of carbonyl (C=O) groups excluding carboxylic acids is 1. The molecule has 0 N–H and O–H groups in total. The third-order valence-corrected chi connectivity index (χ3v) is 5.55. The summed E-state index contributed by atoms with van der Waals surface area (Å²) in [6, 6.07) is 0. The lowest BCUT2D eigenvalue weighted by molar-refractivity contribution is -0.153. The van der Waals surface area contributed by atoms with Crippen LogP contribution < -0.4 is 0 Å². The van der Waals surface area contributed by atoms with Gasteiger partial charge < -0.3 is 4.74 Å². The topological polar surface area (TPSA) is 26.3 Å². The van der Waals surface area contributed by atoms with E-state index in [2.05, 4.69) is 36.7 Å². The van der Waals surface area contributed by atoms with Crippen molar-refractivity contribution < 1.29 is 9.53 Å². The van der Waals surface area contributed by atoms with E-state index in [0.717, 1.165) is 12.3 Å². The molecule has 2 nitrogen and oxygen atoms in total. The van der Waals surface area contributed by atoms with Crippen molar-refractivity contribution in [2.45, 2.75) is 46.1 Å². The van der Waals surface area contributed by atoms with Gasteiger partial charge in [-0.25, -0.2) is 0 Å². The van der Waals surface area contributed by atoms with Gasteiger partial charge in [0.15, 0.2) is 0 Å². The van der Waals surface area contributed by atoms with Gasteiger partial charge >= 0.3 is 5.97 Å². The zero-order valence-corrected chi connectivity index (χ0v) is 11.3. The number of fused-ring (bicyclic) bond motifs is 2.